The molecular weight excluding hydrogens is 302 g/mol. The van der Waals surface area contributed by atoms with Crippen LogP contribution >= 0.6 is 0 Å². The van der Waals surface area contributed by atoms with E-state index < -0.39 is 18.0 Å². The summed E-state index contributed by atoms with van der Waals surface area (Å²) in [5.41, 5.74) is 1.34. The summed E-state index contributed by atoms with van der Waals surface area (Å²) in [5.74, 6) is -0.536. The largest absolute Gasteiger partial charge is 0.445 e. The summed E-state index contributed by atoms with van der Waals surface area (Å²) < 4.78 is 4.77. The van der Waals surface area contributed by atoms with Gasteiger partial charge in [0.05, 0.1) is 11.4 Å². The summed E-state index contributed by atoms with van der Waals surface area (Å²) in [6.07, 6.45) is 0.465. The summed E-state index contributed by atoms with van der Waals surface area (Å²) in [7, 11) is 0. The van der Waals surface area contributed by atoms with Gasteiger partial charge in [0.25, 0.3) is 5.91 Å². The van der Waals surface area contributed by atoms with Crippen molar-refractivity contribution in [3.8, 4) is 0 Å². The average molecular weight is 317 g/mol. The third-order valence-electron chi connectivity index (χ3n) is 3.20. The van der Waals surface area contributed by atoms with Gasteiger partial charge in [0.2, 0.25) is 0 Å². The maximum Gasteiger partial charge on any atom is 0.418 e. The molecule has 0 bridgehead atoms. The quantitative estimate of drug-likeness (QED) is 0.301. The third kappa shape index (κ3) is 3.20. The van der Waals surface area contributed by atoms with Crippen molar-refractivity contribution in [1.82, 2.24) is 4.90 Å². The molecule has 0 aliphatic carbocycles. The Morgan fingerprint density at radius 2 is 2.04 bits per heavy atom. The van der Waals surface area contributed by atoms with Crippen LogP contribution in [0.3, 0.4) is 0 Å². The number of urea groups is 1. The van der Waals surface area contributed by atoms with E-state index in [1.807, 2.05) is 0 Å². The zero-order chi connectivity index (χ0) is 17.0. The molecule has 0 spiro atoms. The highest BCUT2D eigenvalue weighted by atomic mass is 16.6. The molecular formula is C15H15N3O5. The smallest absolute Gasteiger partial charge is 0.418 e. The number of nitrogens with zero attached hydrogens (tertiary/aromatic N) is 3. The van der Waals surface area contributed by atoms with Crippen LogP contribution in [0.15, 0.2) is 42.1 Å². The average Bonchev–Trinajstić information content (AvgIpc) is 2.86. The van der Waals surface area contributed by atoms with E-state index >= 15 is 0 Å². The van der Waals surface area contributed by atoms with Crippen LogP contribution in [0.4, 0.5) is 15.3 Å². The molecule has 0 aromatic heterocycles. The minimum absolute atomic E-state index is 0.0503. The van der Waals surface area contributed by atoms with E-state index in [0.717, 1.165) is 9.80 Å². The van der Waals surface area contributed by atoms with Gasteiger partial charge < -0.3 is 9.94 Å². The van der Waals surface area contributed by atoms with Crippen LogP contribution < -0.4 is 4.90 Å². The summed E-state index contributed by atoms with van der Waals surface area (Å²) >= 11 is 0. The molecule has 23 heavy (non-hydrogen) atoms. The molecule has 2 rings (SSSR count). The van der Waals surface area contributed by atoms with E-state index in [0.29, 0.717) is 17.0 Å². The zero-order valence-electron chi connectivity index (χ0n) is 12.4. The van der Waals surface area contributed by atoms with Gasteiger partial charge in [-0.1, -0.05) is 29.9 Å². The van der Waals surface area contributed by atoms with Crippen molar-refractivity contribution in [2.45, 2.75) is 6.92 Å². The van der Waals surface area contributed by atoms with Crippen molar-refractivity contribution in [1.29, 1.82) is 0 Å². The van der Waals surface area contributed by atoms with Gasteiger partial charge in [-0.05, 0) is 24.6 Å². The number of carbonyl (C=O) groups is 3. The van der Waals surface area contributed by atoms with Crippen LogP contribution in [0.2, 0.25) is 0 Å². The first-order valence-corrected chi connectivity index (χ1v) is 6.70. The standard InChI is InChI=1S/C15H15N3O5/c1-3-8-23-15(21)17-9-13(19)18(14(17)20)12-6-4-11(5-7-12)10(2)16-22/h3-7,22H,1,8-9H2,2H3. The lowest BCUT2D eigenvalue weighted by Crippen LogP contribution is -2.37. The first kappa shape index (κ1) is 16.2. The SMILES string of the molecule is C=CCOC(=O)N1CC(=O)N(c2ccc(C(C)=NO)cc2)C1=O. The van der Waals surface area contributed by atoms with E-state index in [-0.39, 0.29) is 13.2 Å². The predicted molar refractivity (Wildman–Crippen MR) is 81.6 cm³/mol. The van der Waals surface area contributed by atoms with Gasteiger partial charge in [0.15, 0.2) is 0 Å². The topological polar surface area (TPSA) is 99.5 Å². The second kappa shape index (κ2) is 6.73. The number of amides is 4. The van der Waals surface area contributed by atoms with Gasteiger partial charge >= 0.3 is 12.1 Å². The maximum atomic E-state index is 12.2. The van der Waals surface area contributed by atoms with Crippen LogP contribution in [0, 0.1) is 0 Å². The molecule has 0 radical (unpaired) electrons. The zero-order valence-corrected chi connectivity index (χ0v) is 12.4. The second-order valence-electron chi connectivity index (χ2n) is 4.70. The number of oxime groups is 1. The van der Waals surface area contributed by atoms with E-state index in [2.05, 4.69) is 11.7 Å². The Kier molecular flexibility index (Phi) is 4.75. The molecule has 0 saturated carbocycles. The van der Waals surface area contributed by atoms with E-state index in [1.54, 1.807) is 19.1 Å². The third-order valence-corrected chi connectivity index (χ3v) is 3.20. The Bertz CT molecular complexity index is 681. The molecule has 8 nitrogen and oxygen atoms in total. The lowest BCUT2D eigenvalue weighted by Gasteiger charge is -2.15. The van der Waals surface area contributed by atoms with Crippen molar-refractivity contribution in [2.75, 3.05) is 18.1 Å². The van der Waals surface area contributed by atoms with Gasteiger partial charge in [-0.3, -0.25) is 4.79 Å². The van der Waals surface area contributed by atoms with Gasteiger partial charge in [0.1, 0.15) is 13.2 Å². The fourth-order valence-corrected chi connectivity index (χ4v) is 2.02. The molecule has 1 aromatic carbocycles. The number of ether oxygens (including phenoxy) is 1. The molecule has 0 atom stereocenters. The fourth-order valence-electron chi connectivity index (χ4n) is 2.02. The van der Waals surface area contributed by atoms with Crippen LogP contribution in [0.1, 0.15) is 12.5 Å². The maximum absolute atomic E-state index is 12.2. The van der Waals surface area contributed by atoms with Crippen LogP contribution in [-0.2, 0) is 9.53 Å². The molecule has 8 heteroatoms. The molecule has 1 N–H and O–H groups in total. The first-order valence-electron chi connectivity index (χ1n) is 6.70. The van der Waals surface area contributed by atoms with Gasteiger partial charge in [-0.2, -0.15) is 0 Å². The molecule has 4 amide bonds. The molecule has 1 aliphatic heterocycles. The summed E-state index contributed by atoms with van der Waals surface area (Å²) in [6, 6.07) is 5.48. The highest BCUT2D eigenvalue weighted by Gasteiger charge is 2.41. The summed E-state index contributed by atoms with van der Waals surface area (Å²) in [5, 5.41) is 11.8. The Labute approximate surface area is 132 Å². The predicted octanol–water partition coefficient (Wildman–Crippen LogP) is 1.98. The number of rotatable bonds is 4. The van der Waals surface area contributed by atoms with Crippen LogP contribution in [0.25, 0.3) is 0 Å². The minimum atomic E-state index is -0.898. The van der Waals surface area contributed by atoms with Crippen LogP contribution in [-0.4, -0.2) is 47.0 Å². The van der Waals surface area contributed by atoms with E-state index in [1.165, 1.54) is 18.2 Å². The highest BCUT2D eigenvalue weighted by molar-refractivity contribution is 6.23. The minimum Gasteiger partial charge on any atom is -0.445 e. The summed E-state index contributed by atoms with van der Waals surface area (Å²) in [6.45, 7) is 4.58. The lowest BCUT2D eigenvalue weighted by atomic mass is 10.1. The molecule has 1 saturated heterocycles. The number of anilines is 1. The summed E-state index contributed by atoms with van der Waals surface area (Å²) in [4.78, 5) is 37.6. The number of hydrogen-bond donors (Lipinski definition) is 1. The Hall–Kier alpha value is -3.16. The molecule has 1 aliphatic rings. The number of benzene rings is 1. The lowest BCUT2D eigenvalue weighted by molar-refractivity contribution is -0.116. The highest BCUT2D eigenvalue weighted by Crippen LogP contribution is 2.22. The van der Waals surface area contributed by atoms with Gasteiger partial charge in [-0.15, -0.1) is 0 Å². The number of imide groups is 2. The fraction of sp³-hybridized carbons (Fsp3) is 0.200. The van der Waals surface area contributed by atoms with Gasteiger partial charge in [-0.25, -0.2) is 19.4 Å². The van der Waals surface area contributed by atoms with E-state index in [9.17, 15) is 14.4 Å². The van der Waals surface area contributed by atoms with Crippen LogP contribution in [0.5, 0.6) is 0 Å². The normalized spacial score (nSPS) is 15.1. The molecule has 120 valence electrons. The first-order chi connectivity index (χ1) is 11.0. The van der Waals surface area contributed by atoms with E-state index in [4.69, 9.17) is 9.94 Å². The van der Waals surface area contributed by atoms with Crippen molar-refractivity contribution < 1.29 is 24.3 Å². The Morgan fingerprint density at radius 3 is 2.61 bits per heavy atom. The molecule has 1 aromatic rings. The second-order valence-corrected chi connectivity index (χ2v) is 4.70. The van der Waals surface area contributed by atoms with Crippen molar-refractivity contribution in [2.24, 2.45) is 5.16 Å². The van der Waals surface area contributed by atoms with Crippen molar-refractivity contribution >= 4 is 29.4 Å². The molecule has 1 fully saturated rings. The molecule has 1 heterocycles. The molecule has 0 unspecified atom stereocenters. The van der Waals surface area contributed by atoms with Crippen molar-refractivity contribution in [3.05, 3.63) is 42.5 Å². The van der Waals surface area contributed by atoms with Gasteiger partial charge in [0, 0.05) is 0 Å². The Balaban J connectivity index is 2.20. The number of carbonyl (C=O) groups excluding carboxylic acids is 3. The van der Waals surface area contributed by atoms with Crippen molar-refractivity contribution in [3.63, 3.8) is 0 Å². The Morgan fingerprint density at radius 1 is 1.39 bits per heavy atom. The number of hydrogen-bond acceptors (Lipinski definition) is 6. The monoisotopic (exact) mass is 317 g/mol.